The Balaban J connectivity index is 2.47. The van der Waals surface area contributed by atoms with Gasteiger partial charge >= 0.3 is 5.97 Å². The standard InChI is InChI=1S/C10H10N2O3/c1-2-15-10-11-7-4-3-6(9(13)14)5-8(7)12-10/h3-5H,2H2,1H3,(H,11,12)(H,13,14). The number of benzene rings is 1. The molecule has 1 aromatic heterocycles. The van der Waals surface area contributed by atoms with E-state index in [2.05, 4.69) is 9.97 Å². The van der Waals surface area contributed by atoms with Crippen LogP contribution in [0.15, 0.2) is 18.2 Å². The molecule has 0 saturated carbocycles. The number of carboxylic acids is 1. The van der Waals surface area contributed by atoms with Crippen LogP contribution in [0.1, 0.15) is 17.3 Å². The molecular weight excluding hydrogens is 196 g/mol. The summed E-state index contributed by atoms with van der Waals surface area (Å²) in [6.07, 6.45) is 0. The zero-order valence-electron chi connectivity index (χ0n) is 8.15. The average molecular weight is 206 g/mol. The van der Waals surface area contributed by atoms with Crippen LogP contribution in [0.3, 0.4) is 0 Å². The van der Waals surface area contributed by atoms with Gasteiger partial charge in [0.1, 0.15) is 0 Å². The van der Waals surface area contributed by atoms with E-state index in [1.54, 1.807) is 6.07 Å². The first-order chi connectivity index (χ1) is 7.20. The fraction of sp³-hybridized carbons (Fsp3) is 0.200. The number of aromatic amines is 1. The predicted molar refractivity (Wildman–Crippen MR) is 54.2 cm³/mol. The second kappa shape index (κ2) is 3.61. The molecule has 15 heavy (non-hydrogen) atoms. The van der Waals surface area contributed by atoms with Gasteiger partial charge in [0, 0.05) is 0 Å². The Hall–Kier alpha value is -2.04. The van der Waals surface area contributed by atoms with Gasteiger partial charge < -0.3 is 14.8 Å². The number of aromatic carboxylic acids is 1. The second-order valence-electron chi connectivity index (χ2n) is 3.01. The lowest BCUT2D eigenvalue weighted by Gasteiger charge is -1.93. The van der Waals surface area contributed by atoms with E-state index >= 15 is 0 Å². The zero-order chi connectivity index (χ0) is 10.8. The number of ether oxygens (including phenoxy) is 1. The molecule has 0 saturated heterocycles. The van der Waals surface area contributed by atoms with Crippen molar-refractivity contribution in [3.63, 3.8) is 0 Å². The molecule has 1 heterocycles. The summed E-state index contributed by atoms with van der Waals surface area (Å²) in [5.74, 6) is -0.954. The van der Waals surface area contributed by atoms with Gasteiger partial charge in [-0.25, -0.2) is 4.79 Å². The lowest BCUT2D eigenvalue weighted by molar-refractivity contribution is 0.0697. The highest BCUT2D eigenvalue weighted by Crippen LogP contribution is 2.17. The van der Waals surface area contributed by atoms with E-state index in [0.717, 1.165) is 0 Å². The first kappa shape index (κ1) is 9.51. The predicted octanol–water partition coefficient (Wildman–Crippen LogP) is 1.66. The molecule has 0 fully saturated rings. The Morgan fingerprint density at radius 3 is 3.07 bits per heavy atom. The molecule has 0 spiro atoms. The van der Waals surface area contributed by atoms with Gasteiger partial charge in [0.15, 0.2) is 0 Å². The van der Waals surface area contributed by atoms with Crippen molar-refractivity contribution in [2.45, 2.75) is 6.92 Å². The quantitative estimate of drug-likeness (QED) is 0.800. The zero-order valence-corrected chi connectivity index (χ0v) is 8.15. The smallest absolute Gasteiger partial charge is 0.335 e. The molecule has 0 radical (unpaired) electrons. The minimum Gasteiger partial charge on any atom is -0.478 e. The van der Waals surface area contributed by atoms with E-state index in [9.17, 15) is 4.79 Å². The molecule has 78 valence electrons. The van der Waals surface area contributed by atoms with Gasteiger partial charge in [-0.2, -0.15) is 4.98 Å². The van der Waals surface area contributed by atoms with Gasteiger partial charge in [0.2, 0.25) is 0 Å². The highest BCUT2D eigenvalue weighted by Gasteiger charge is 2.07. The van der Waals surface area contributed by atoms with Gasteiger partial charge in [-0.1, -0.05) is 0 Å². The number of carbonyl (C=O) groups is 1. The fourth-order valence-corrected chi connectivity index (χ4v) is 1.32. The summed E-state index contributed by atoms with van der Waals surface area (Å²) in [7, 11) is 0. The number of hydrogen-bond acceptors (Lipinski definition) is 3. The molecule has 0 aliphatic carbocycles. The molecule has 2 N–H and O–H groups in total. The summed E-state index contributed by atoms with van der Waals surface area (Å²) in [5, 5.41) is 8.79. The summed E-state index contributed by atoms with van der Waals surface area (Å²) in [6.45, 7) is 2.38. The molecule has 0 amide bonds. The maximum Gasteiger partial charge on any atom is 0.335 e. The van der Waals surface area contributed by atoms with Crippen LogP contribution in [0.5, 0.6) is 6.01 Å². The summed E-state index contributed by atoms with van der Waals surface area (Å²) >= 11 is 0. The van der Waals surface area contributed by atoms with Gasteiger partial charge in [-0.05, 0) is 25.1 Å². The molecule has 1 aromatic carbocycles. The number of hydrogen-bond donors (Lipinski definition) is 2. The van der Waals surface area contributed by atoms with Crippen molar-refractivity contribution in [2.24, 2.45) is 0 Å². The van der Waals surface area contributed by atoms with Gasteiger partial charge in [-0.15, -0.1) is 0 Å². The summed E-state index contributed by atoms with van der Waals surface area (Å²) in [5.41, 5.74) is 1.59. The van der Waals surface area contributed by atoms with Crippen LogP contribution in [0.4, 0.5) is 0 Å². The van der Waals surface area contributed by atoms with Crippen LogP contribution in [-0.2, 0) is 0 Å². The van der Waals surface area contributed by atoms with Crippen LogP contribution < -0.4 is 4.74 Å². The Labute approximate surface area is 85.7 Å². The summed E-state index contributed by atoms with van der Waals surface area (Å²) in [4.78, 5) is 17.7. The van der Waals surface area contributed by atoms with Crippen molar-refractivity contribution in [3.8, 4) is 6.01 Å². The first-order valence-electron chi connectivity index (χ1n) is 4.56. The number of H-pyrrole nitrogens is 1. The number of nitrogens with one attached hydrogen (secondary N) is 1. The van der Waals surface area contributed by atoms with Gasteiger partial charge in [-0.3, -0.25) is 0 Å². The van der Waals surface area contributed by atoms with Crippen molar-refractivity contribution < 1.29 is 14.6 Å². The average Bonchev–Trinajstić information content (AvgIpc) is 2.59. The molecular formula is C10H10N2O3. The normalized spacial score (nSPS) is 10.5. The Kier molecular flexibility index (Phi) is 2.29. The Morgan fingerprint density at radius 2 is 2.40 bits per heavy atom. The Morgan fingerprint density at radius 1 is 1.60 bits per heavy atom. The molecule has 2 rings (SSSR count). The summed E-state index contributed by atoms with van der Waals surface area (Å²) < 4.78 is 5.18. The van der Waals surface area contributed by atoms with Crippen molar-refractivity contribution in [2.75, 3.05) is 6.61 Å². The molecule has 0 aliphatic heterocycles. The minimum absolute atomic E-state index is 0.231. The van der Waals surface area contributed by atoms with Crippen molar-refractivity contribution >= 4 is 17.0 Å². The topological polar surface area (TPSA) is 75.2 Å². The molecule has 5 heteroatoms. The molecule has 0 unspecified atom stereocenters. The third-order valence-electron chi connectivity index (χ3n) is 1.99. The number of imidazole rings is 1. The third kappa shape index (κ3) is 1.76. The van der Waals surface area contributed by atoms with E-state index < -0.39 is 5.97 Å². The monoisotopic (exact) mass is 206 g/mol. The van der Waals surface area contributed by atoms with Crippen LogP contribution in [-0.4, -0.2) is 27.7 Å². The van der Waals surface area contributed by atoms with Crippen molar-refractivity contribution in [1.29, 1.82) is 0 Å². The molecule has 0 bridgehead atoms. The SMILES string of the molecule is CCOc1nc2ccc(C(=O)O)cc2[nH]1. The first-order valence-corrected chi connectivity index (χ1v) is 4.56. The van der Waals surface area contributed by atoms with Crippen LogP contribution in [0, 0.1) is 0 Å². The van der Waals surface area contributed by atoms with E-state index in [1.807, 2.05) is 6.92 Å². The fourth-order valence-electron chi connectivity index (χ4n) is 1.32. The third-order valence-corrected chi connectivity index (χ3v) is 1.99. The van der Waals surface area contributed by atoms with E-state index in [4.69, 9.17) is 9.84 Å². The lowest BCUT2D eigenvalue weighted by Crippen LogP contribution is -1.94. The lowest BCUT2D eigenvalue weighted by atomic mass is 10.2. The second-order valence-corrected chi connectivity index (χ2v) is 3.01. The number of carboxylic acid groups (broad SMARTS) is 1. The van der Waals surface area contributed by atoms with Crippen LogP contribution in [0.2, 0.25) is 0 Å². The van der Waals surface area contributed by atoms with Gasteiger partial charge in [0.05, 0.1) is 23.2 Å². The van der Waals surface area contributed by atoms with E-state index in [0.29, 0.717) is 23.7 Å². The largest absolute Gasteiger partial charge is 0.478 e. The maximum atomic E-state index is 10.7. The Bertz CT molecular complexity index is 504. The molecule has 0 aliphatic rings. The molecule has 2 aromatic rings. The minimum atomic E-state index is -0.954. The number of fused-ring (bicyclic) bond motifs is 1. The van der Waals surface area contributed by atoms with Crippen molar-refractivity contribution in [3.05, 3.63) is 23.8 Å². The molecule has 5 nitrogen and oxygen atoms in total. The highest BCUT2D eigenvalue weighted by molar-refractivity contribution is 5.92. The van der Waals surface area contributed by atoms with E-state index in [1.165, 1.54) is 12.1 Å². The number of nitrogens with zero attached hydrogens (tertiary/aromatic N) is 1. The summed E-state index contributed by atoms with van der Waals surface area (Å²) in [6, 6.07) is 5.11. The maximum absolute atomic E-state index is 10.7. The number of aromatic nitrogens is 2. The van der Waals surface area contributed by atoms with Crippen LogP contribution >= 0.6 is 0 Å². The van der Waals surface area contributed by atoms with Gasteiger partial charge in [0.25, 0.3) is 6.01 Å². The molecule has 0 atom stereocenters. The highest BCUT2D eigenvalue weighted by atomic mass is 16.5. The van der Waals surface area contributed by atoms with Crippen LogP contribution in [0.25, 0.3) is 11.0 Å². The number of rotatable bonds is 3. The van der Waals surface area contributed by atoms with E-state index in [-0.39, 0.29) is 5.56 Å². The van der Waals surface area contributed by atoms with Crippen molar-refractivity contribution in [1.82, 2.24) is 9.97 Å².